The topological polar surface area (TPSA) is 92.3 Å². The Morgan fingerprint density at radius 1 is 1.06 bits per heavy atom. The Bertz CT molecular complexity index is 983. The lowest BCUT2D eigenvalue weighted by molar-refractivity contribution is 0.213. The summed E-state index contributed by atoms with van der Waals surface area (Å²) in [5.41, 5.74) is 0.631. The average Bonchev–Trinajstić information content (AvgIpc) is 2.76. The Labute approximate surface area is 208 Å². The number of halogens is 1. The van der Waals surface area contributed by atoms with Crippen LogP contribution in [0.3, 0.4) is 0 Å². The van der Waals surface area contributed by atoms with Crippen molar-refractivity contribution in [2.24, 2.45) is 4.99 Å². The molecule has 1 atom stereocenters. The van der Waals surface area contributed by atoms with E-state index in [1.54, 1.807) is 25.3 Å². The van der Waals surface area contributed by atoms with Gasteiger partial charge in [0.2, 0.25) is 10.0 Å². The van der Waals surface area contributed by atoms with Gasteiger partial charge in [-0.2, -0.15) is 0 Å². The lowest BCUT2D eigenvalue weighted by atomic mass is 10.2. The SMILES string of the molecule is CCNC(=NCc1ccccc1S(=O)(=O)N(C)C)NCC(C)Oc1ccccc1OC.I. The van der Waals surface area contributed by atoms with Gasteiger partial charge in [0.15, 0.2) is 17.5 Å². The van der Waals surface area contributed by atoms with E-state index in [1.807, 2.05) is 44.2 Å². The van der Waals surface area contributed by atoms with Crippen molar-refractivity contribution in [2.75, 3.05) is 34.3 Å². The van der Waals surface area contributed by atoms with Gasteiger partial charge in [-0.25, -0.2) is 17.7 Å². The molecule has 2 aromatic carbocycles. The predicted octanol–water partition coefficient (Wildman–Crippen LogP) is 3.09. The molecular formula is C22H33IN4O4S. The molecule has 0 radical (unpaired) electrons. The van der Waals surface area contributed by atoms with Crippen molar-refractivity contribution in [3.63, 3.8) is 0 Å². The second-order valence-electron chi connectivity index (χ2n) is 7.05. The molecule has 10 heteroatoms. The standard InChI is InChI=1S/C22H32N4O4S.HI/c1-6-23-22(24-15-17(2)30-20-13-9-8-12-19(20)29-5)25-16-18-11-7-10-14-21(18)31(27,28)26(3)4;/h7-14,17H,6,15-16H2,1-5H3,(H2,23,24,25);1H. The smallest absolute Gasteiger partial charge is 0.242 e. The van der Waals surface area contributed by atoms with Crippen LogP contribution < -0.4 is 20.1 Å². The average molecular weight is 577 g/mol. The van der Waals surface area contributed by atoms with E-state index in [4.69, 9.17) is 9.47 Å². The number of guanidine groups is 1. The number of methoxy groups -OCH3 is 1. The molecule has 32 heavy (non-hydrogen) atoms. The first kappa shape index (κ1) is 28.0. The molecule has 0 saturated carbocycles. The zero-order valence-corrected chi connectivity index (χ0v) is 22.3. The summed E-state index contributed by atoms with van der Waals surface area (Å²) >= 11 is 0. The number of hydrogen-bond acceptors (Lipinski definition) is 5. The number of hydrogen-bond donors (Lipinski definition) is 2. The molecule has 0 aliphatic rings. The molecule has 0 spiro atoms. The lowest BCUT2D eigenvalue weighted by Gasteiger charge is -2.19. The van der Waals surface area contributed by atoms with Crippen molar-refractivity contribution < 1.29 is 17.9 Å². The molecule has 8 nitrogen and oxygen atoms in total. The van der Waals surface area contributed by atoms with Crippen molar-refractivity contribution in [2.45, 2.75) is 31.4 Å². The summed E-state index contributed by atoms with van der Waals surface area (Å²) in [6, 6.07) is 14.4. The maximum Gasteiger partial charge on any atom is 0.242 e. The second-order valence-corrected chi connectivity index (χ2v) is 9.17. The molecule has 2 aromatic rings. The zero-order valence-electron chi connectivity index (χ0n) is 19.2. The first-order chi connectivity index (χ1) is 14.8. The van der Waals surface area contributed by atoms with Gasteiger partial charge in [0.1, 0.15) is 6.10 Å². The molecule has 0 aliphatic heterocycles. The second kappa shape index (κ2) is 13.5. The molecule has 0 bridgehead atoms. The van der Waals surface area contributed by atoms with Crippen LogP contribution in [-0.4, -0.2) is 59.1 Å². The molecule has 2 rings (SSSR count). The third-order valence-electron chi connectivity index (χ3n) is 4.44. The van der Waals surface area contributed by atoms with Crippen LogP contribution in [0.5, 0.6) is 11.5 Å². The van der Waals surface area contributed by atoms with Crippen LogP contribution in [0.4, 0.5) is 0 Å². The van der Waals surface area contributed by atoms with E-state index >= 15 is 0 Å². The Kier molecular flexibility index (Phi) is 11.8. The minimum absolute atomic E-state index is 0. The van der Waals surface area contributed by atoms with Crippen LogP contribution in [0.1, 0.15) is 19.4 Å². The molecule has 0 aromatic heterocycles. The molecular weight excluding hydrogens is 543 g/mol. The summed E-state index contributed by atoms with van der Waals surface area (Å²) in [6.45, 7) is 5.31. The monoisotopic (exact) mass is 576 g/mol. The van der Waals surface area contributed by atoms with Crippen LogP contribution >= 0.6 is 24.0 Å². The van der Waals surface area contributed by atoms with Gasteiger partial charge >= 0.3 is 0 Å². The molecule has 0 aliphatic carbocycles. The van der Waals surface area contributed by atoms with Gasteiger partial charge in [-0.3, -0.25) is 0 Å². The Hall–Kier alpha value is -2.05. The zero-order chi connectivity index (χ0) is 22.9. The van der Waals surface area contributed by atoms with Crippen LogP contribution in [0.25, 0.3) is 0 Å². The van der Waals surface area contributed by atoms with E-state index in [0.717, 1.165) is 0 Å². The number of sulfonamides is 1. The number of rotatable bonds is 10. The number of para-hydroxylation sites is 2. The quantitative estimate of drug-likeness (QED) is 0.257. The van der Waals surface area contributed by atoms with Crippen molar-refractivity contribution in [3.05, 3.63) is 54.1 Å². The Morgan fingerprint density at radius 3 is 2.31 bits per heavy atom. The maximum atomic E-state index is 12.6. The summed E-state index contributed by atoms with van der Waals surface area (Å²) in [6.07, 6.45) is -0.151. The highest BCUT2D eigenvalue weighted by molar-refractivity contribution is 14.0. The molecule has 2 N–H and O–H groups in total. The third kappa shape index (κ3) is 7.82. The molecule has 0 heterocycles. The lowest BCUT2D eigenvalue weighted by Crippen LogP contribution is -2.41. The van der Waals surface area contributed by atoms with Crippen LogP contribution in [0.15, 0.2) is 58.4 Å². The fraction of sp³-hybridized carbons (Fsp3) is 0.409. The number of ether oxygens (including phenoxy) is 2. The third-order valence-corrected chi connectivity index (χ3v) is 6.35. The number of nitrogens with one attached hydrogen (secondary N) is 2. The van der Waals surface area contributed by atoms with E-state index in [2.05, 4.69) is 15.6 Å². The number of aliphatic imine (C=N–C) groups is 1. The van der Waals surface area contributed by atoms with Gasteiger partial charge in [0.25, 0.3) is 0 Å². The summed E-state index contributed by atoms with van der Waals surface area (Å²) in [7, 11) is 1.10. The fourth-order valence-corrected chi connectivity index (χ4v) is 3.91. The van der Waals surface area contributed by atoms with Crippen molar-refractivity contribution in [1.82, 2.24) is 14.9 Å². The van der Waals surface area contributed by atoms with Gasteiger partial charge in [-0.05, 0) is 37.6 Å². The summed E-state index contributed by atoms with van der Waals surface area (Å²) in [4.78, 5) is 4.82. The van der Waals surface area contributed by atoms with Gasteiger partial charge in [0.05, 0.1) is 25.1 Å². The van der Waals surface area contributed by atoms with Crippen molar-refractivity contribution >= 4 is 40.0 Å². The van der Waals surface area contributed by atoms with E-state index in [0.29, 0.717) is 36.1 Å². The number of benzene rings is 2. The van der Waals surface area contributed by atoms with E-state index in [-0.39, 0.29) is 41.5 Å². The highest BCUT2D eigenvalue weighted by Crippen LogP contribution is 2.26. The molecule has 0 saturated heterocycles. The molecule has 178 valence electrons. The number of nitrogens with zero attached hydrogens (tertiary/aromatic N) is 2. The minimum Gasteiger partial charge on any atom is -0.493 e. The van der Waals surface area contributed by atoms with Crippen LogP contribution in [0.2, 0.25) is 0 Å². The summed E-state index contributed by atoms with van der Waals surface area (Å²) in [5, 5.41) is 6.42. The van der Waals surface area contributed by atoms with Crippen LogP contribution in [0, 0.1) is 0 Å². The van der Waals surface area contributed by atoms with E-state index in [1.165, 1.54) is 18.4 Å². The maximum absolute atomic E-state index is 12.6. The van der Waals surface area contributed by atoms with E-state index < -0.39 is 10.0 Å². The normalized spacial score (nSPS) is 12.6. The van der Waals surface area contributed by atoms with Crippen molar-refractivity contribution in [3.8, 4) is 11.5 Å². The largest absolute Gasteiger partial charge is 0.493 e. The fourth-order valence-electron chi connectivity index (χ4n) is 2.80. The first-order valence-electron chi connectivity index (χ1n) is 10.1. The Morgan fingerprint density at radius 2 is 1.69 bits per heavy atom. The highest BCUT2D eigenvalue weighted by Gasteiger charge is 2.20. The van der Waals surface area contributed by atoms with Gasteiger partial charge in [-0.15, -0.1) is 24.0 Å². The van der Waals surface area contributed by atoms with Gasteiger partial charge in [-0.1, -0.05) is 30.3 Å². The highest BCUT2D eigenvalue weighted by atomic mass is 127. The van der Waals surface area contributed by atoms with Gasteiger partial charge < -0.3 is 20.1 Å². The van der Waals surface area contributed by atoms with Crippen molar-refractivity contribution in [1.29, 1.82) is 0 Å². The predicted molar refractivity (Wildman–Crippen MR) is 139 cm³/mol. The summed E-state index contributed by atoms with van der Waals surface area (Å²) < 4.78 is 37.7. The van der Waals surface area contributed by atoms with E-state index in [9.17, 15) is 8.42 Å². The molecule has 0 fully saturated rings. The van der Waals surface area contributed by atoms with Gasteiger partial charge in [0, 0.05) is 20.6 Å². The molecule has 0 amide bonds. The molecule has 1 unspecified atom stereocenters. The Balaban J connectivity index is 0.00000512. The first-order valence-corrected chi connectivity index (χ1v) is 11.6. The minimum atomic E-state index is -3.54. The van der Waals surface area contributed by atoms with Crippen LogP contribution in [-0.2, 0) is 16.6 Å². The summed E-state index contributed by atoms with van der Waals surface area (Å²) in [5.74, 6) is 1.92.